The molecule has 1 aromatic carbocycles. The first-order valence-electron chi connectivity index (χ1n) is 8.94. The van der Waals surface area contributed by atoms with E-state index in [4.69, 9.17) is 9.72 Å². The summed E-state index contributed by atoms with van der Waals surface area (Å²) in [5, 5.41) is 8.16. The number of aromatic nitrogens is 5. The Morgan fingerprint density at radius 1 is 1.25 bits per heavy atom. The highest BCUT2D eigenvalue weighted by molar-refractivity contribution is 7.22. The molecule has 1 N–H and O–H groups in total. The summed E-state index contributed by atoms with van der Waals surface area (Å²) in [6.45, 7) is 3.16. The van der Waals surface area contributed by atoms with Crippen molar-refractivity contribution < 1.29 is 9.53 Å². The van der Waals surface area contributed by atoms with Gasteiger partial charge in [-0.15, -0.1) is 5.10 Å². The van der Waals surface area contributed by atoms with Crippen molar-refractivity contribution in [1.29, 1.82) is 0 Å². The van der Waals surface area contributed by atoms with Gasteiger partial charge in [-0.05, 0) is 24.3 Å². The zero-order valence-corrected chi connectivity index (χ0v) is 15.7. The van der Waals surface area contributed by atoms with Crippen LogP contribution in [0.1, 0.15) is 5.82 Å². The number of thiazole rings is 1. The lowest BCUT2D eigenvalue weighted by atomic mass is 10.3. The second-order valence-corrected chi connectivity index (χ2v) is 7.40. The zero-order valence-electron chi connectivity index (χ0n) is 14.9. The largest absolute Gasteiger partial charge is 0.378 e. The fourth-order valence-electron chi connectivity index (χ4n) is 3.08. The number of ether oxygens (including phenoxy) is 1. The molecule has 10 heteroatoms. The molecule has 0 unspecified atom stereocenters. The van der Waals surface area contributed by atoms with Gasteiger partial charge in [0.2, 0.25) is 5.91 Å². The van der Waals surface area contributed by atoms with Crippen molar-refractivity contribution in [3.63, 3.8) is 0 Å². The SMILES string of the molecule is O=C(Cc1nc2ncccn2n1)Nc1ccc2nc(N3CCOCC3)sc2c1. The lowest BCUT2D eigenvalue weighted by molar-refractivity contribution is -0.115. The summed E-state index contributed by atoms with van der Waals surface area (Å²) in [6.07, 6.45) is 3.48. The maximum atomic E-state index is 12.4. The second-order valence-electron chi connectivity index (χ2n) is 6.40. The summed E-state index contributed by atoms with van der Waals surface area (Å²) in [5.74, 6) is 0.741. The number of nitrogens with one attached hydrogen (secondary N) is 1. The van der Waals surface area contributed by atoms with Gasteiger partial charge in [0.05, 0.1) is 29.9 Å². The van der Waals surface area contributed by atoms with Crippen molar-refractivity contribution in [2.45, 2.75) is 6.42 Å². The molecular formula is C18H17N7O2S. The summed E-state index contributed by atoms with van der Waals surface area (Å²) in [4.78, 5) is 27.7. The van der Waals surface area contributed by atoms with Crippen molar-refractivity contribution in [2.75, 3.05) is 36.5 Å². The van der Waals surface area contributed by atoms with Gasteiger partial charge in [0.15, 0.2) is 11.0 Å². The van der Waals surface area contributed by atoms with Crippen LogP contribution in [0.15, 0.2) is 36.7 Å². The molecule has 0 aliphatic carbocycles. The number of benzene rings is 1. The summed E-state index contributed by atoms with van der Waals surface area (Å²) in [6, 6.07) is 7.51. The molecule has 0 spiro atoms. The highest BCUT2D eigenvalue weighted by atomic mass is 32.1. The van der Waals surface area contributed by atoms with E-state index >= 15 is 0 Å². The second kappa shape index (κ2) is 7.13. The summed E-state index contributed by atoms with van der Waals surface area (Å²) in [5.41, 5.74) is 1.66. The van der Waals surface area contributed by atoms with Gasteiger partial charge in [-0.1, -0.05) is 11.3 Å². The Bertz CT molecular complexity index is 1120. The molecule has 1 saturated heterocycles. The van der Waals surface area contributed by atoms with Crippen molar-refractivity contribution >= 4 is 44.1 Å². The standard InChI is InChI=1S/C18H17N7O2S/c26-16(11-15-22-17-19-4-1-5-25(17)23-15)20-12-2-3-13-14(10-12)28-18(21-13)24-6-8-27-9-7-24/h1-5,10H,6-9,11H2,(H,20,26). The summed E-state index contributed by atoms with van der Waals surface area (Å²) >= 11 is 1.62. The molecule has 1 aliphatic rings. The quantitative estimate of drug-likeness (QED) is 0.562. The number of anilines is 2. The van der Waals surface area contributed by atoms with E-state index in [1.54, 1.807) is 34.3 Å². The van der Waals surface area contributed by atoms with Crippen LogP contribution in [0.5, 0.6) is 0 Å². The number of rotatable bonds is 4. The Labute approximate surface area is 164 Å². The zero-order chi connectivity index (χ0) is 18.9. The van der Waals surface area contributed by atoms with E-state index in [1.807, 2.05) is 18.2 Å². The Kier molecular flexibility index (Phi) is 4.34. The molecule has 1 fully saturated rings. The minimum Gasteiger partial charge on any atom is -0.378 e. The summed E-state index contributed by atoms with van der Waals surface area (Å²) < 4.78 is 7.99. The maximum Gasteiger partial charge on any atom is 0.252 e. The van der Waals surface area contributed by atoms with Gasteiger partial charge in [-0.3, -0.25) is 4.79 Å². The van der Waals surface area contributed by atoms with Crippen molar-refractivity contribution in [3.05, 3.63) is 42.5 Å². The smallest absolute Gasteiger partial charge is 0.252 e. The fraction of sp³-hybridized carbons (Fsp3) is 0.278. The van der Waals surface area contributed by atoms with E-state index in [2.05, 4.69) is 25.3 Å². The van der Waals surface area contributed by atoms with Gasteiger partial charge >= 0.3 is 0 Å². The number of carbonyl (C=O) groups excluding carboxylic acids is 1. The average molecular weight is 395 g/mol. The molecule has 5 rings (SSSR count). The van der Waals surface area contributed by atoms with E-state index in [9.17, 15) is 4.79 Å². The van der Waals surface area contributed by atoms with Crippen molar-refractivity contribution in [2.24, 2.45) is 0 Å². The number of hydrogen-bond acceptors (Lipinski definition) is 8. The number of nitrogens with zero attached hydrogens (tertiary/aromatic N) is 6. The number of morpholine rings is 1. The first-order valence-corrected chi connectivity index (χ1v) is 9.76. The van der Waals surface area contributed by atoms with E-state index in [-0.39, 0.29) is 12.3 Å². The van der Waals surface area contributed by atoms with Crippen LogP contribution in [0.25, 0.3) is 16.0 Å². The van der Waals surface area contributed by atoms with Crippen LogP contribution < -0.4 is 10.2 Å². The van der Waals surface area contributed by atoms with Gasteiger partial charge < -0.3 is 15.0 Å². The van der Waals surface area contributed by atoms with E-state index in [1.165, 1.54) is 0 Å². The highest BCUT2D eigenvalue weighted by Crippen LogP contribution is 2.31. The lowest BCUT2D eigenvalue weighted by Gasteiger charge is -2.25. The minimum atomic E-state index is -0.173. The molecule has 1 amide bonds. The first kappa shape index (κ1) is 17.0. The molecule has 1 aliphatic heterocycles. The fourth-order valence-corrected chi connectivity index (χ4v) is 4.14. The molecule has 0 saturated carbocycles. The van der Waals surface area contributed by atoms with Gasteiger partial charge in [-0.25, -0.2) is 14.5 Å². The van der Waals surface area contributed by atoms with E-state index < -0.39 is 0 Å². The Balaban J connectivity index is 1.30. The van der Waals surface area contributed by atoms with Gasteiger partial charge in [0.1, 0.15) is 0 Å². The van der Waals surface area contributed by atoms with Crippen molar-refractivity contribution in [3.8, 4) is 0 Å². The number of carbonyl (C=O) groups is 1. The molecule has 4 aromatic rings. The monoisotopic (exact) mass is 395 g/mol. The molecule has 9 nitrogen and oxygen atoms in total. The third-order valence-corrected chi connectivity index (χ3v) is 5.50. The Morgan fingerprint density at radius 3 is 3.00 bits per heavy atom. The van der Waals surface area contributed by atoms with Gasteiger partial charge in [0, 0.05) is 31.2 Å². The molecule has 142 valence electrons. The molecule has 4 heterocycles. The molecule has 28 heavy (non-hydrogen) atoms. The Hall–Kier alpha value is -3.11. The van der Waals surface area contributed by atoms with Crippen LogP contribution in [0.3, 0.4) is 0 Å². The average Bonchev–Trinajstić information content (AvgIpc) is 3.31. The minimum absolute atomic E-state index is 0.0864. The van der Waals surface area contributed by atoms with Crippen LogP contribution in [0.4, 0.5) is 10.8 Å². The van der Waals surface area contributed by atoms with Crippen LogP contribution in [0.2, 0.25) is 0 Å². The van der Waals surface area contributed by atoms with E-state index in [0.29, 0.717) is 11.6 Å². The predicted octanol–water partition coefficient (Wildman–Crippen LogP) is 1.75. The number of fused-ring (bicyclic) bond motifs is 2. The maximum absolute atomic E-state index is 12.4. The van der Waals surface area contributed by atoms with Gasteiger partial charge in [-0.2, -0.15) is 4.98 Å². The van der Waals surface area contributed by atoms with Gasteiger partial charge in [0.25, 0.3) is 5.78 Å². The highest BCUT2D eigenvalue weighted by Gasteiger charge is 2.16. The molecular weight excluding hydrogens is 378 g/mol. The third-order valence-electron chi connectivity index (χ3n) is 4.42. The number of hydrogen-bond donors (Lipinski definition) is 1. The lowest BCUT2D eigenvalue weighted by Crippen LogP contribution is -2.36. The van der Waals surface area contributed by atoms with Crippen LogP contribution in [-0.2, 0) is 16.0 Å². The van der Waals surface area contributed by atoms with Crippen molar-refractivity contribution in [1.82, 2.24) is 24.6 Å². The Morgan fingerprint density at radius 2 is 2.14 bits per heavy atom. The van der Waals surface area contributed by atoms with Crippen LogP contribution >= 0.6 is 11.3 Å². The van der Waals surface area contributed by atoms with Crippen LogP contribution in [-0.4, -0.2) is 56.8 Å². The molecule has 0 atom stereocenters. The number of amides is 1. The topological polar surface area (TPSA) is 97.5 Å². The summed E-state index contributed by atoms with van der Waals surface area (Å²) in [7, 11) is 0. The van der Waals surface area contributed by atoms with Crippen LogP contribution in [0, 0.1) is 0 Å². The molecule has 3 aromatic heterocycles. The molecule has 0 bridgehead atoms. The predicted molar refractivity (Wildman–Crippen MR) is 106 cm³/mol. The first-order chi connectivity index (χ1) is 13.7. The third kappa shape index (κ3) is 3.39. The normalized spacial score (nSPS) is 14.6. The van der Waals surface area contributed by atoms with E-state index in [0.717, 1.165) is 47.3 Å². The molecule has 0 radical (unpaired) electrons.